The van der Waals surface area contributed by atoms with Gasteiger partial charge in [-0.05, 0) is 23.3 Å². The highest BCUT2D eigenvalue weighted by atomic mass is 32.2. The summed E-state index contributed by atoms with van der Waals surface area (Å²) < 4.78 is 5.04. The molecule has 0 spiro atoms. The number of rotatable bonds is 3. The zero-order valence-corrected chi connectivity index (χ0v) is 9.68. The predicted octanol–water partition coefficient (Wildman–Crippen LogP) is 1.62. The molecule has 0 fully saturated rings. The molecule has 0 atom stereocenters. The van der Waals surface area contributed by atoms with Crippen LogP contribution in [-0.2, 0) is 6.42 Å². The maximum atomic E-state index is 5.49. The van der Waals surface area contributed by atoms with Crippen LogP contribution in [0.1, 0.15) is 12.7 Å². The van der Waals surface area contributed by atoms with Gasteiger partial charge in [-0.25, -0.2) is 15.0 Å². The standard InChI is InChI=1S/C8H9N5S2/c1-2-6-12-8(15-13-6)14-7-10-3-5(9)4-11-7/h3-4H,2,9H2,1H3. The van der Waals surface area contributed by atoms with E-state index < -0.39 is 0 Å². The van der Waals surface area contributed by atoms with Gasteiger partial charge in [0, 0.05) is 6.42 Å². The van der Waals surface area contributed by atoms with Crippen LogP contribution in [0.2, 0.25) is 0 Å². The Balaban J connectivity index is 2.11. The van der Waals surface area contributed by atoms with E-state index in [0.29, 0.717) is 10.8 Å². The van der Waals surface area contributed by atoms with Crippen LogP contribution in [0.4, 0.5) is 5.69 Å². The van der Waals surface area contributed by atoms with Crippen molar-refractivity contribution < 1.29 is 0 Å². The molecule has 0 saturated heterocycles. The predicted molar refractivity (Wildman–Crippen MR) is 59.9 cm³/mol. The second-order valence-corrected chi connectivity index (χ2v) is 4.70. The number of aryl methyl sites for hydroxylation is 1. The second kappa shape index (κ2) is 4.54. The highest BCUT2D eigenvalue weighted by molar-refractivity contribution is 8.00. The van der Waals surface area contributed by atoms with Crippen molar-refractivity contribution in [2.24, 2.45) is 0 Å². The number of hydrogen-bond donors (Lipinski definition) is 1. The molecule has 0 bridgehead atoms. The fourth-order valence-electron chi connectivity index (χ4n) is 0.880. The Bertz CT molecular complexity index is 439. The lowest BCUT2D eigenvalue weighted by Gasteiger charge is -1.94. The Morgan fingerprint density at radius 1 is 1.40 bits per heavy atom. The summed E-state index contributed by atoms with van der Waals surface area (Å²) in [6.07, 6.45) is 4.01. The van der Waals surface area contributed by atoms with Gasteiger partial charge in [-0.3, -0.25) is 0 Å². The Morgan fingerprint density at radius 3 is 2.73 bits per heavy atom. The molecule has 0 aliphatic carbocycles. The zero-order chi connectivity index (χ0) is 10.7. The number of anilines is 1. The highest BCUT2D eigenvalue weighted by Crippen LogP contribution is 2.25. The van der Waals surface area contributed by atoms with E-state index in [-0.39, 0.29) is 0 Å². The first kappa shape index (κ1) is 10.3. The molecule has 78 valence electrons. The molecular weight excluding hydrogens is 230 g/mol. The first-order valence-electron chi connectivity index (χ1n) is 4.36. The number of aromatic nitrogens is 4. The van der Waals surface area contributed by atoms with Crippen molar-refractivity contribution in [3.8, 4) is 0 Å². The van der Waals surface area contributed by atoms with Crippen molar-refractivity contribution in [2.45, 2.75) is 22.8 Å². The Hall–Kier alpha value is -1.21. The third kappa shape index (κ3) is 2.63. The van der Waals surface area contributed by atoms with Gasteiger partial charge in [-0.1, -0.05) is 6.92 Å². The largest absolute Gasteiger partial charge is 0.396 e. The zero-order valence-electron chi connectivity index (χ0n) is 8.04. The van der Waals surface area contributed by atoms with Gasteiger partial charge in [0.15, 0.2) is 9.50 Å². The normalized spacial score (nSPS) is 10.5. The summed E-state index contributed by atoms with van der Waals surface area (Å²) >= 11 is 2.76. The average Bonchev–Trinajstić information content (AvgIpc) is 2.69. The van der Waals surface area contributed by atoms with Crippen LogP contribution in [0, 0.1) is 0 Å². The van der Waals surface area contributed by atoms with Crippen molar-refractivity contribution >= 4 is 29.0 Å². The molecule has 0 saturated carbocycles. The van der Waals surface area contributed by atoms with Gasteiger partial charge in [0.05, 0.1) is 18.1 Å². The third-order valence-electron chi connectivity index (χ3n) is 1.59. The van der Waals surface area contributed by atoms with Crippen molar-refractivity contribution in [1.82, 2.24) is 19.3 Å². The van der Waals surface area contributed by atoms with Gasteiger partial charge >= 0.3 is 0 Å². The molecule has 2 aromatic rings. The topological polar surface area (TPSA) is 77.6 Å². The van der Waals surface area contributed by atoms with Crippen LogP contribution in [-0.4, -0.2) is 19.3 Å². The van der Waals surface area contributed by atoms with Crippen molar-refractivity contribution in [3.63, 3.8) is 0 Å². The van der Waals surface area contributed by atoms with Crippen LogP contribution >= 0.6 is 23.3 Å². The highest BCUT2D eigenvalue weighted by Gasteiger charge is 2.06. The number of nitrogen functional groups attached to an aromatic ring is 1. The van der Waals surface area contributed by atoms with E-state index in [4.69, 9.17) is 5.73 Å². The number of nitrogens with zero attached hydrogens (tertiary/aromatic N) is 4. The Morgan fingerprint density at radius 2 is 2.13 bits per heavy atom. The Labute approximate surface area is 95.3 Å². The van der Waals surface area contributed by atoms with E-state index in [9.17, 15) is 0 Å². The summed E-state index contributed by atoms with van der Waals surface area (Å²) in [5, 5.41) is 0.642. The summed E-state index contributed by atoms with van der Waals surface area (Å²) in [4.78, 5) is 12.5. The van der Waals surface area contributed by atoms with Gasteiger partial charge in [-0.2, -0.15) is 4.37 Å². The van der Waals surface area contributed by atoms with Crippen molar-refractivity contribution in [2.75, 3.05) is 5.73 Å². The second-order valence-electron chi connectivity index (χ2n) is 2.73. The molecule has 0 radical (unpaired) electrons. The van der Waals surface area contributed by atoms with Crippen LogP contribution in [0.3, 0.4) is 0 Å². The van der Waals surface area contributed by atoms with Gasteiger partial charge in [0.25, 0.3) is 0 Å². The number of nitrogens with two attached hydrogens (primary N) is 1. The SMILES string of the molecule is CCc1nsc(Sc2ncc(N)cn2)n1. The van der Waals surface area contributed by atoms with E-state index in [1.165, 1.54) is 23.3 Å². The molecule has 2 rings (SSSR count). The monoisotopic (exact) mass is 239 g/mol. The average molecular weight is 239 g/mol. The van der Waals surface area contributed by atoms with Crippen LogP contribution in [0.15, 0.2) is 21.9 Å². The van der Waals surface area contributed by atoms with Crippen LogP contribution < -0.4 is 5.73 Å². The van der Waals surface area contributed by atoms with Gasteiger partial charge in [-0.15, -0.1) is 0 Å². The summed E-state index contributed by atoms with van der Waals surface area (Å²) in [6, 6.07) is 0. The van der Waals surface area contributed by atoms with E-state index >= 15 is 0 Å². The van der Waals surface area contributed by atoms with E-state index in [1.807, 2.05) is 6.92 Å². The van der Waals surface area contributed by atoms with Crippen molar-refractivity contribution in [1.29, 1.82) is 0 Å². The summed E-state index contributed by atoms with van der Waals surface area (Å²) in [5.74, 6) is 0.859. The molecule has 0 unspecified atom stereocenters. The van der Waals surface area contributed by atoms with Crippen LogP contribution in [0.5, 0.6) is 0 Å². The van der Waals surface area contributed by atoms with E-state index in [2.05, 4.69) is 19.3 Å². The minimum absolute atomic E-state index is 0.561. The van der Waals surface area contributed by atoms with Crippen LogP contribution in [0.25, 0.3) is 0 Å². The quantitative estimate of drug-likeness (QED) is 0.820. The van der Waals surface area contributed by atoms with Crippen molar-refractivity contribution in [3.05, 3.63) is 18.2 Å². The number of hydrogen-bond acceptors (Lipinski definition) is 7. The molecule has 0 aromatic carbocycles. The van der Waals surface area contributed by atoms with E-state index in [1.54, 1.807) is 12.4 Å². The maximum absolute atomic E-state index is 5.49. The lowest BCUT2D eigenvalue weighted by atomic mass is 10.5. The Kier molecular flexibility index (Phi) is 3.12. The molecule has 0 amide bonds. The molecule has 15 heavy (non-hydrogen) atoms. The summed E-state index contributed by atoms with van der Waals surface area (Å²) in [7, 11) is 0. The molecule has 7 heteroatoms. The molecule has 0 aliphatic heterocycles. The molecule has 0 aliphatic rings. The molecule has 2 heterocycles. The fourth-order valence-corrected chi connectivity index (χ4v) is 2.38. The van der Waals surface area contributed by atoms with Gasteiger partial charge in [0.2, 0.25) is 0 Å². The minimum atomic E-state index is 0.561. The van der Waals surface area contributed by atoms with E-state index in [0.717, 1.165) is 16.6 Å². The molecule has 2 aromatic heterocycles. The smallest absolute Gasteiger partial charge is 0.194 e. The summed E-state index contributed by atoms with van der Waals surface area (Å²) in [6.45, 7) is 2.02. The third-order valence-corrected chi connectivity index (χ3v) is 3.27. The molecular formula is C8H9N5S2. The first-order chi connectivity index (χ1) is 7.28. The maximum Gasteiger partial charge on any atom is 0.194 e. The summed E-state index contributed by atoms with van der Waals surface area (Å²) in [5.41, 5.74) is 6.05. The fraction of sp³-hybridized carbons (Fsp3) is 0.250. The minimum Gasteiger partial charge on any atom is -0.396 e. The van der Waals surface area contributed by atoms with Gasteiger partial charge < -0.3 is 5.73 Å². The molecule has 5 nitrogen and oxygen atoms in total. The lowest BCUT2D eigenvalue weighted by Crippen LogP contribution is -1.90. The molecule has 2 N–H and O–H groups in total. The first-order valence-corrected chi connectivity index (χ1v) is 5.95. The van der Waals surface area contributed by atoms with Gasteiger partial charge in [0.1, 0.15) is 5.82 Å². The lowest BCUT2D eigenvalue weighted by molar-refractivity contribution is 0.952.